The van der Waals surface area contributed by atoms with Crippen LogP contribution in [0.4, 0.5) is 0 Å². The third-order valence-corrected chi connectivity index (χ3v) is 3.08. The third-order valence-electron chi connectivity index (χ3n) is 3.08. The van der Waals surface area contributed by atoms with E-state index in [0.29, 0.717) is 0 Å². The van der Waals surface area contributed by atoms with Crippen molar-refractivity contribution in [1.29, 1.82) is 0 Å². The number of carbonyl (C=O) groups is 1. The lowest BCUT2D eigenvalue weighted by Gasteiger charge is -2.15. The van der Waals surface area contributed by atoms with Crippen LogP contribution in [-0.4, -0.2) is 45.5 Å². The molecule has 1 aliphatic rings. The molecule has 4 nitrogen and oxygen atoms in total. The van der Waals surface area contributed by atoms with Crippen LogP contribution in [0.25, 0.3) is 0 Å². The zero-order chi connectivity index (χ0) is 17.4. The van der Waals surface area contributed by atoms with Crippen LogP contribution in [0.15, 0.2) is 18.2 Å². The van der Waals surface area contributed by atoms with Gasteiger partial charge in [-0.25, -0.2) is 0 Å². The summed E-state index contributed by atoms with van der Waals surface area (Å²) in [5, 5.41) is 0. The quantitative estimate of drug-likeness (QED) is 0.871. The van der Waals surface area contributed by atoms with Crippen LogP contribution >= 0.6 is 0 Å². The second-order valence-electron chi connectivity index (χ2n) is 4.70. The van der Waals surface area contributed by atoms with Crippen LogP contribution in [0.1, 0.15) is 48.2 Å². The molecule has 0 atom stereocenters. The topological polar surface area (TPSA) is 55.6 Å². The van der Waals surface area contributed by atoms with Crippen molar-refractivity contribution in [1.82, 2.24) is 4.90 Å². The van der Waals surface area contributed by atoms with E-state index in [1.54, 1.807) is 14.2 Å². The number of methoxy groups -OCH3 is 1. The van der Waals surface area contributed by atoms with Crippen molar-refractivity contribution in [2.24, 2.45) is 5.73 Å². The molecule has 2 rings (SSSR count). The van der Waals surface area contributed by atoms with Gasteiger partial charge in [-0.05, 0) is 57.1 Å². The van der Waals surface area contributed by atoms with Crippen molar-refractivity contribution in [2.45, 2.75) is 40.2 Å². The van der Waals surface area contributed by atoms with Gasteiger partial charge in [0, 0.05) is 26.3 Å². The molecule has 0 spiro atoms. The lowest BCUT2D eigenvalue weighted by Crippen LogP contribution is -2.18. The van der Waals surface area contributed by atoms with Gasteiger partial charge in [-0.2, -0.15) is 0 Å². The molecule has 0 amide bonds. The maximum absolute atomic E-state index is 10.8. The Labute approximate surface area is 136 Å². The molecule has 0 bridgehead atoms. The summed E-state index contributed by atoms with van der Waals surface area (Å²) in [7, 11) is 4.75. The Balaban J connectivity index is 0. The van der Waals surface area contributed by atoms with Crippen LogP contribution in [0.3, 0.4) is 0 Å². The molecule has 0 aromatic heterocycles. The highest BCUT2D eigenvalue weighted by atomic mass is 16.4. The van der Waals surface area contributed by atoms with Crippen molar-refractivity contribution in [3.05, 3.63) is 34.9 Å². The molecule has 22 heavy (non-hydrogen) atoms. The third kappa shape index (κ3) is 9.66. The van der Waals surface area contributed by atoms with E-state index in [9.17, 15) is 4.79 Å². The van der Waals surface area contributed by atoms with E-state index < -0.39 is 0 Å². The number of hydrogen-bond acceptors (Lipinski definition) is 4. The summed E-state index contributed by atoms with van der Waals surface area (Å²) in [4.78, 5) is 13.2. The highest BCUT2D eigenvalue weighted by Gasteiger charge is 2.11. The molecular weight excluding hydrogens is 276 g/mol. The Morgan fingerprint density at radius 3 is 2.14 bits per heavy atom. The van der Waals surface area contributed by atoms with Gasteiger partial charge in [0.1, 0.15) is 6.29 Å². The summed E-state index contributed by atoms with van der Waals surface area (Å²) < 4.78 is 4.25. The van der Waals surface area contributed by atoms with Gasteiger partial charge in [-0.1, -0.05) is 26.0 Å². The first-order valence-electron chi connectivity index (χ1n) is 7.96. The number of ether oxygens (including phenoxy) is 1. The number of likely N-dealkylation sites (tertiary alicyclic amines) is 1. The van der Waals surface area contributed by atoms with E-state index in [1.807, 2.05) is 32.9 Å². The van der Waals surface area contributed by atoms with E-state index in [-0.39, 0.29) is 0 Å². The summed E-state index contributed by atoms with van der Waals surface area (Å²) in [6.45, 7) is 9.36. The number of carbonyl (C=O) groups excluding carboxylic acids is 1. The Kier molecular flexibility index (Phi) is 16.9. The van der Waals surface area contributed by atoms with Crippen molar-refractivity contribution in [2.75, 3.05) is 34.4 Å². The Morgan fingerprint density at radius 1 is 1.18 bits per heavy atom. The summed E-state index contributed by atoms with van der Waals surface area (Å²) in [6, 6.07) is 6.18. The molecule has 0 unspecified atom stereocenters. The molecular formula is C18H34N2O2. The SMILES string of the molecule is CC.CN.COC.Cc1ccc(CN2CCCC2)cc1C=O. The molecule has 128 valence electrons. The molecule has 2 N–H and O–H groups in total. The van der Waals surface area contributed by atoms with Crippen LogP contribution in [-0.2, 0) is 11.3 Å². The van der Waals surface area contributed by atoms with Gasteiger partial charge >= 0.3 is 0 Å². The van der Waals surface area contributed by atoms with Gasteiger partial charge in [-0.3, -0.25) is 9.69 Å². The summed E-state index contributed by atoms with van der Waals surface area (Å²) in [5.41, 5.74) is 7.64. The maximum Gasteiger partial charge on any atom is 0.150 e. The van der Waals surface area contributed by atoms with Gasteiger partial charge in [0.05, 0.1) is 0 Å². The average molecular weight is 310 g/mol. The smallest absolute Gasteiger partial charge is 0.150 e. The van der Waals surface area contributed by atoms with Gasteiger partial charge in [0.2, 0.25) is 0 Å². The summed E-state index contributed by atoms with van der Waals surface area (Å²) in [5.74, 6) is 0. The first-order valence-corrected chi connectivity index (χ1v) is 7.96. The Hall–Kier alpha value is -1.23. The van der Waals surface area contributed by atoms with Gasteiger partial charge in [-0.15, -0.1) is 0 Å². The minimum atomic E-state index is 0.826. The fourth-order valence-corrected chi connectivity index (χ4v) is 2.11. The van der Waals surface area contributed by atoms with Gasteiger partial charge < -0.3 is 10.5 Å². The normalized spacial score (nSPS) is 12.9. The number of nitrogens with two attached hydrogens (primary N) is 1. The molecule has 1 saturated heterocycles. The molecule has 1 aromatic carbocycles. The fourth-order valence-electron chi connectivity index (χ4n) is 2.11. The van der Waals surface area contributed by atoms with E-state index in [4.69, 9.17) is 0 Å². The van der Waals surface area contributed by atoms with E-state index in [0.717, 1.165) is 24.0 Å². The Bertz CT molecular complexity index is 375. The standard InChI is InChI=1S/C13H17NO.C2H6O.C2H6.CH5N/c1-11-4-5-12(8-13(11)10-15)9-14-6-2-3-7-14;1-3-2;2*1-2/h4-5,8,10H,2-3,6-7,9H2,1H3;1-2H3;1-2H3;2H2,1H3. The summed E-state index contributed by atoms with van der Waals surface area (Å²) in [6.07, 6.45) is 3.57. The van der Waals surface area contributed by atoms with E-state index in [2.05, 4.69) is 21.4 Å². The molecule has 0 saturated carbocycles. The predicted molar refractivity (Wildman–Crippen MR) is 95.5 cm³/mol. The lowest BCUT2D eigenvalue weighted by atomic mass is 10.1. The first-order chi connectivity index (χ1) is 10.7. The Morgan fingerprint density at radius 2 is 1.68 bits per heavy atom. The largest absolute Gasteiger partial charge is 0.388 e. The second kappa shape index (κ2) is 16.1. The highest BCUT2D eigenvalue weighted by molar-refractivity contribution is 5.77. The van der Waals surface area contributed by atoms with Crippen molar-refractivity contribution in [3.63, 3.8) is 0 Å². The first kappa shape index (κ1) is 23.0. The maximum atomic E-state index is 10.8. The minimum absolute atomic E-state index is 0.826. The van der Waals surface area contributed by atoms with E-state index in [1.165, 1.54) is 38.5 Å². The number of benzene rings is 1. The number of hydrogen-bond donors (Lipinski definition) is 1. The van der Waals surface area contributed by atoms with E-state index >= 15 is 0 Å². The number of aryl methyl sites for hydroxylation is 1. The molecule has 0 radical (unpaired) electrons. The highest BCUT2D eigenvalue weighted by Crippen LogP contribution is 2.15. The zero-order valence-electron chi connectivity index (χ0n) is 15.2. The molecule has 1 aromatic rings. The van der Waals surface area contributed by atoms with Crippen LogP contribution < -0.4 is 5.73 Å². The zero-order valence-corrected chi connectivity index (χ0v) is 15.2. The number of aldehydes is 1. The fraction of sp³-hybridized carbons (Fsp3) is 0.611. The monoisotopic (exact) mass is 310 g/mol. The average Bonchev–Trinajstić information content (AvgIpc) is 3.07. The van der Waals surface area contributed by atoms with Crippen LogP contribution in [0.5, 0.6) is 0 Å². The lowest BCUT2D eigenvalue weighted by molar-refractivity contribution is 0.112. The molecule has 0 aliphatic carbocycles. The van der Waals surface area contributed by atoms with Gasteiger partial charge in [0.15, 0.2) is 0 Å². The molecule has 1 fully saturated rings. The predicted octanol–water partition coefficient (Wildman–Crippen LogP) is 3.27. The van der Waals surface area contributed by atoms with Crippen molar-refractivity contribution >= 4 is 6.29 Å². The molecule has 1 heterocycles. The van der Waals surface area contributed by atoms with Gasteiger partial charge in [0.25, 0.3) is 0 Å². The number of nitrogens with zero attached hydrogens (tertiary/aromatic N) is 1. The molecule has 1 aliphatic heterocycles. The molecule has 4 heteroatoms. The second-order valence-corrected chi connectivity index (χ2v) is 4.70. The number of rotatable bonds is 3. The van der Waals surface area contributed by atoms with Crippen LogP contribution in [0, 0.1) is 6.92 Å². The van der Waals surface area contributed by atoms with Crippen molar-refractivity contribution < 1.29 is 9.53 Å². The minimum Gasteiger partial charge on any atom is -0.388 e. The van der Waals surface area contributed by atoms with Crippen molar-refractivity contribution in [3.8, 4) is 0 Å². The summed E-state index contributed by atoms with van der Waals surface area (Å²) >= 11 is 0. The van der Waals surface area contributed by atoms with Crippen LogP contribution in [0.2, 0.25) is 0 Å².